The Hall–Kier alpha value is -2.84. The molecular formula is C22H25N3O4S. The molecule has 0 bridgehead atoms. The summed E-state index contributed by atoms with van der Waals surface area (Å²) in [7, 11) is -0.227. The number of hydrogen-bond donors (Lipinski definition) is 0. The van der Waals surface area contributed by atoms with Gasteiger partial charge in [-0.1, -0.05) is 30.3 Å². The molecule has 0 radical (unpaired) electrons. The number of rotatable bonds is 6. The van der Waals surface area contributed by atoms with Crippen LogP contribution in [-0.4, -0.2) is 43.3 Å². The second kappa shape index (κ2) is 8.49. The standard InChI is InChI=1S/C22H25N3O4S/c1-28-21-10-9-18(13-22(21)29-2)20-14-19-15-24(11-6-12-25(19)23-20)30(26,27)16-17-7-4-3-5-8-17/h3-5,7-10,13-14H,6,11-12,15-16H2,1-2H3. The molecule has 4 rings (SSSR count). The molecule has 0 saturated heterocycles. The van der Waals surface area contributed by atoms with Gasteiger partial charge in [0.05, 0.1) is 37.9 Å². The van der Waals surface area contributed by atoms with Crippen LogP contribution in [-0.2, 0) is 28.9 Å². The molecule has 1 aromatic heterocycles. The van der Waals surface area contributed by atoms with Crippen molar-refractivity contribution >= 4 is 10.0 Å². The lowest BCUT2D eigenvalue weighted by Gasteiger charge is -2.19. The third-order valence-electron chi connectivity index (χ3n) is 5.24. The smallest absolute Gasteiger partial charge is 0.218 e. The zero-order valence-corrected chi connectivity index (χ0v) is 17.9. The summed E-state index contributed by atoms with van der Waals surface area (Å²) < 4.78 is 40.2. The fourth-order valence-electron chi connectivity index (χ4n) is 3.68. The molecule has 158 valence electrons. The van der Waals surface area contributed by atoms with Gasteiger partial charge in [0.2, 0.25) is 10.0 Å². The Morgan fingerprint density at radius 3 is 2.47 bits per heavy atom. The highest BCUT2D eigenvalue weighted by atomic mass is 32.2. The lowest BCUT2D eigenvalue weighted by atomic mass is 10.1. The Kier molecular flexibility index (Phi) is 5.78. The van der Waals surface area contributed by atoms with E-state index in [1.165, 1.54) is 0 Å². The molecule has 0 saturated carbocycles. The quantitative estimate of drug-likeness (QED) is 0.604. The molecule has 0 aliphatic carbocycles. The number of sulfonamides is 1. The van der Waals surface area contributed by atoms with Crippen molar-refractivity contribution in [2.45, 2.75) is 25.3 Å². The topological polar surface area (TPSA) is 73.7 Å². The summed E-state index contributed by atoms with van der Waals surface area (Å²) in [6, 6.07) is 16.9. The van der Waals surface area contributed by atoms with Crippen molar-refractivity contribution in [3.63, 3.8) is 0 Å². The van der Waals surface area contributed by atoms with Crippen molar-refractivity contribution in [3.05, 3.63) is 65.9 Å². The van der Waals surface area contributed by atoms with Crippen LogP contribution in [0.25, 0.3) is 11.3 Å². The molecule has 2 aromatic carbocycles. The van der Waals surface area contributed by atoms with Crippen LogP contribution < -0.4 is 9.47 Å². The van der Waals surface area contributed by atoms with E-state index < -0.39 is 10.0 Å². The molecule has 8 heteroatoms. The predicted molar refractivity (Wildman–Crippen MR) is 115 cm³/mol. The van der Waals surface area contributed by atoms with Crippen LogP contribution in [0.5, 0.6) is 11.5 Å². The number of hydrogen-bond acceptors (Lipinski definition) is 5. The van der Waals surface area contributed by atoms with Gasteiger partial charge in [0, 0.05) is 18.7 Å². The molecule has 3 aromatic rings. The first-order chi connectivity index (χ1) is 14.5. The summed E-state index contributed by atoms with van der Waals surface area (Å²) in [4.78, 5) is 0. The number of fused-ring (bicyclic) bond motifs is 1. The second-order valence-corrected chi connectivity index (χ2v) is 9.21. The van der Waals surface area contributed by atoms with Crippen molar-refractivity contribution in [2.75, 3.05) is 20.8 Å². The number of aromatic nitrogens is 2. The summed E-state index contributed by atoms with van der Waals surface area (Å²) in [6.45, 7) is 1.49. The minimum Gasteiger partial charge on any atom is -0.493 e. The molecule has 0 fully saturated rings. The Labute approximate surface area is 176 Å². The average molecular weight is 428 g/mol. The zero-order valence-electron chi connectivity index (χ0n) is 17.1. The maximum atomic E-state index is 13.0. The lowest BCUT2D eigenvalue weighted by molar-refractivity contribution is 0.355. The number of ether oxygens (including phenoxy) is 2. The van der Waals surface area contributed by atoms with Crippen LogP contribution in [0, 0.1) is 0 Å². The van der Waals surface area contributed by atoms with E-state index in [2.05, 4.69) is 0 Å². The van der Waals surface area contributed by atoms with Gasteiger partial charge in [-0.05, 0) is 36.2 Å². The molecule has 30 heavy (non-hydrogen) atoms. The first-order valence-corrected chi connectivity index (χ1v) is 11.4. The van der Waals surface area contributed by atoms with Crippen LogP contribution in [0.3, 0.4) is 0 Å². The Morgan fingerprint density at radius 1 is 0.967 bits per heavy atom. The fraction of sp³-hybridized carbons (Fsp3) is 0.318. The summed E-state index contributed by atoms with van der Waals surface area (Å²) in [5, 5.41) is 4.71. The van der Waals surface area contributed by atoms with Crippen molar-refractivity contribution < 1.29 is 17.9 Å². The van der Waals surface area contributed by atoms with Gasteiger partial charge in [0.25, 0.3) is 0 Å². The first kappa shape index (κ1) is 20.4. The highest BCUT2D eigenvalue weighted by Gasteiger charge is 2.27. The largest absolute Gasteiger partial charge is 0.493 e. The molecule has 0 N–H and O–H groups in total. The summed E-state index contributed by atoms with van der Waals surface area (Å²) in [6.07, 6.45) is 0.716. The van der Waals surface area contributed by atoms with Crippen LogP contribution >= 0.6 is 0 Å². The fourth-order valence-corrected chi connectivity index (χ4v) is 5.22. The molecule has 7 nitrogen and oxygen atoms in total. The number of nitrogens with zero attached hydrogens (tertiary/aromatic N) is 3. The van der Waals surface area contributed by atoms with Gasteiger partial charge >= 0.3 is 0 Å². The van der Waals surface area contributed by atoms with Crippen LogP contribution in [0.1, 0.15) is 17.7 Å². The van der Waals surface area contributed by atoms with Crippen molar-refractivity contribution in [3.8, 4) is 22.8 Å². The van der Waals surface area contributed by atoms with Crippen LogP contribution in [0.4, 0.5) is 0 Å². The van der Waals surface area contributed by atoms with E-state index in [1.807, 2.05) is 59.3 Å². The molecule has 1 aliphatic heterocycles. The summed E-state index contributed by atoms with van der Waals surface area (Å²) >= 11 is 0. The normalized spacial score (nSPS) is 14.7. The first-order valence-electron chi connectivity index (χ1n) is 9.81. The molecule has 0 amide bonds. The maximum absolute atomic E-state index is 13.0. The van der Waals surface area contributed by atoms with E-state index in [1.54, 1.807) is 18.5 Å². The van der Waals surface area contributed by atoms with Gasteiger partial charge in [0.1, 0.15) is 0 Å². The third-order valence-corrected chi connectivity index (χ3v) is 7.04. The van der Waals surface area contributed by atoms with Gasteiger partial charge in [-0.15, -0.1) is 0 Å². The number of methoxy groups -OCH3 is 2. The average Bonchev–Trinajstić information content (AvgIpc) is 3.04. The van der Waals surface area contributed by atoms with Crippen molar-refractivity contribution in [1.82, 2.24) is 14.1 Å². The number of benzene rings is 2. The van der Waals surface area contributed by atoms with Gasteiger partial charge in [-0.3, -0.25) is 4.68 Å². The Balaban J connectivity index is 1.59. The van der Waals surface area contributed by atoms with Gasteiger partial charge in [0.15, 0.2) is 11.5 Å². The summed E-state index contributed by atoms with van der Waals surface area (Å²) in [5.74, 6) is 1.29. The molecule has 0 spiro atoms. The van der Waals surface area contributed by atoms with E-state index in [0.717, 1.165) is 22.5 Å². The molecular weight excluding hydrogens is 402 g/mol. The van der Waals surface area contributed by atoms with E-state index >= 15 is 0 Å². The molecule has 2 heterocycles. The highest BCUT2D eigenvalue weighted by molar-refractivity contribution is 7.88. The van der Waals surface area contributed by atoms with E-state index in [0.29, 0.717) is 37.6 Å². The number of aryl methyl sites for hydroxylation is 1. The zero-order chi connectivity index (χ0) is 21.1. The second-order valence-electron chi connectivity index (χ2n) is 7.24. The van der Waals surface area contributed by atoms with Gasteiger partial charge in [-0.25, -0.2) is 8.42 Å². The third kappa shape index (κ3) is 4.20. The van der Waals surface area contributed by atoms with E-state index in [9.17, 15) is 8.42 Å². The van der Waals surface area contributed by atoms with Crippen LogP contribution in [0.15, 0.2) is 54.6 Å². The van der Waals surface area contributed by atoms with E-state index in [4.69, 9.17) is 14.6 Å². The van der Waals surface area contributed by atoms with E-state index in [-0.39, 0.29) is 5.75 Å². The SMILES string of the molecule is COc1ccc(-c2cc3n(n2)CCCN(S(=O)(=O)Cc2ccccc2)C3)cc1OC. The molecule has 1 aliphatic rings. The minimum atomic E-state index is -3.42. The molecule has 0 atom stereocenters. The monoisotopic (exact) mass is 427 g/mol. The van der Waals surface area contributed by atoms with Gasteiger partial charge in [-0.2, -0.15) is 9.40 Å². The molecule has 0 unspecified atom stereocenters. The van der Waals surface area contributed by atoms with Gasteiger partial charge < -0.3 is 9.47 Å². The Morgan fingerprint density at radius 2 is 1.73 bits per heavy atom. The predicted octanol–water partition coefficient (Wildman–Crippen LogP) is 3.30. The highest BCUT2D eigenvalue weighted by Crippen LogP contribution is 2.32. The maximum Gasteiger partial charge on any atom is 0.218 e. The summed E-state index contributed by atoms with van der Waals surface area (Å²) in [5.41, 5.74) is 3.36. The van der Waals surface area contributed by atoms with Crippen molar-refractivity contribution in [2.24, 2.45) is 0 Å². The lowest BCUT2D eigenvalue weighted by Crippen LogP contribution is -2.31. The Bertz CT molecular complexity index is 1130. The van der Waals surface area contributed by atoms with Crippen LogP contribution in [0.2, 0.25) is 0 Å². The minimum absolute atomic E-state index is 0.00448. The van der Waals surface area contributed by atoms with Crippen molar-refractivity contribution in [1.29, 1.82) is 0 Å².